The van der Waals surface area contributed by atoms with Crippen LogP contribution in [0.25, 0.3) is 0 Å². The number of hydrogen-bond acceptors (Lipinski definition) is 3. The zero-order chi connectivity index (χ0) is 11.0. The fourth-order valence-corrected chi connectivity index (χ4v) is 0.579. The van der Waals surface area contributed by atoms with Crippen LogP contribution in [0, 0.1) is 6.92 Å². The van der Waals surface area contributed by atoms with Crippen LogP contribution in [0.5, 0.6) is 0 Å². The first-order valence-corrected chi connectivity index (χ1v) is 4.12. The third-order valence-electron chi connectivity index (χ3n) is 1.45. The van der Waals surface area contributed by atoms with E-state index in [9.17, 15) is 4.79 Å². The van der Waals surface area contributed by atoms with Crippen molar-refractivity contribution in [2.24, 2.45) is 0 Å². The summed E-state index contributed by atoms with van der Waals surface area (Å²) in [6.07, 6.45) is -1.13. The van der Waals surface area contributed by atoms with Crippen molar-refractivity contribution in [3.8, 4) is 0 Å². The smallest absolute Gasteiger partial charge is 0.335 e. The van der Waals surface area contributed by atoms with Gasteiger partial charge in [0.1, 0.15) is 0 Å². The summed E-state index contributed by atoms with van der Waals surface area (Å²) in [6.45, 7) is 3.31. The molecule has 0 aliphatic carbocycles. The molecule has 4 heteroatoms. The first-order valence-electron chi connectivity index (χ1n) is 4.12. The van der Waals surface area contributed by atoms with Gasteiger partial charge in [-0.15, -0.1) is 0 Å². The molecule has 1 atom stereocenters. The Morgan fingerprint density at radius 3 is 2.00 bits per heavy atom. The van der Waals surface area contributed by atoms with Gasteiger partial charge in [0.25, 0.3) is 0 Å². The van der Waals surface area contributed by atoms with E-state index in [1.807, 2.05) is 18.2 Å². The highest BCUT2D eigenvalue weighted by Gasteiger charge is 2.08. The summed E-state index contributed by atoms with van der Waals surface area (Å²) in [4.78, 5) is 13.1. The van der Waals surface area contributed by atoms with Gasteiger partial charge in [0.05, 0.1) is 0 Å². The van der Waals surface area contributed by atoms with Crippen LogP contribution < -0.4 is 0 Å². The standard InChI is InChI=1S/C7H8.C3H6O4/c1-7-5-3-2-4-6-7;1-2(7-6)3(4)5/h2-6H,1H3;2,6H,1H3,(H,4,5). The molecule has 78 valence electrons. The van der Waals surface area contributed by atoms with Crippen LogP contribution in [0.4, 0.5) is 0 Å². The van der Waals surface area contributed by atoms with Gasteiger partial charge in [0.2, 0.25) is 0 Å². The lowest BCUT2D eigenvalue weighted by Gasteiger charge is -1.96. The average molecular weight is 198 g/mol. The predicted octanol–water partition coefficient (Wildman–Crippen LogP) is 1.94. The molecule has 1 aromatic rings. The van der Waals surface area contributed by atoms with E-state index >= 15 is 0 Å². The van der Waals surface area contributed by atoms with Crippen LogP contribution in [0.3, 0.4) is 0 Å². The zero-order valence-electron chi connectivity index (χ0n) is 8.18. The molecule has 0 saturated heterocycles. The minimum atomic E-state index is -1.18. The van der Waals surface area contributed by atoms with E-state index in [0.29, 0.717) is 0 Å². The van der Waals surface area contributed by atoms with Crippen molar-refractivity contribution in [3.63, 3.8) is 0 Å². The Kier molecular flexibility index (Phi) is 6.36. The fourth-order valence-electron chi connectivity index (χ4n) is 0.579. The molecular formula is C10H14O4. The molecule has 4 nitrogen and oxygen atoms in total. The fraction of sp³-hybridized carbons (Fsp3) is 0.300. The van der Waals surface area contributed by atoms with Crippen molar-refractivity contribution in [1.29, 1.82) is 0 Å². The molecule has 14 heavy (non-hydrogen) atoms. The molecular weight excluding hydrogens is 184 g/mol. The van der Waals surface area contributed by atoms with Crippen LogP contribution in [-0.2, 0) is 9.68 Å². The van der Waals surface area contributed by atoms with E-state index in [1.54, 1.807) is 0 Å². The summed E-state index contributed by atoms with van der Waals surface area (Å²) >= 11 is 0. The lowest BCUT2D eigenvalue weighted by atomic mass is 10.2. The second-order valence-electron chi connectivity index (χ2n) is 2.74. The van der Waals surface area contributed by atoms with Crippen LogP contribution in [-0.4, -0.2) is 22.4 Å². The maximum absolute atomic E-state index is 9.65. The quantitative estimate of drug-likeness (QED) is 0.563. The van der Waals surface area contributed by atoms with Gasteiger partial charge in [-0.25, -0.2) is 9.68 Å². The van der Waals surface area contributed by atoms with Crippen molar-refractivity contribution in [1.82, 2.24) is 0 Å². The predicted molar refractivity (Wildman–Crippen MR) is 52.0 cm³/mol. The summed E-state index contributed by atoms with van der Waals surface area (Å²) < 4.78 is 0. The van der Waals surface area contributed by atoms with Crippen LogP contribution in [0.15, 0.2) is 30.3 Å². The van der Waals surface area contributed by atoms with Gasteiger partial charge in [-0.3, -0.25) is 5.26 Å². The molecule has 0 fully saturated rings. The Morgan fingerprint density at radius 2 is 1.86 bits per heavy atom. The highest BCUT2D eigenvalue weighted by atomic mass is 17.1. The molecule has 0 aromatic heterocycles. The first kappa shape index (κ1) is 12.6. The van der Waals surface area contributed by atoms with Crippen molar-refractivity contribution in [3.05, 3.63) is 35.9 Å². The largest absolute Gasteiger partial charge is 0.479 e. The number of carbonyl (C=O) groups is 1. The van der Waals surface area contributed by atoms with Crippen LogP contribution in [0.2, 0.25) is 0 Å². The van der Waals surface area contributed by atoms with Gasteiger partial charge in [0, 0.05) is 0 Å². The average Bonchev–Trinajstić information content (AvgIpc) is 2.18. The van der Waals surface area contributed by atoms with E-state index in [-0.39, 0.29) is 0 Å². The molecule has 1 rings (SSSR count). The van der Waals surface area contributed by atoms with Crippen molar-refractivity contribution in [2.75, 3.05) is 0 Å². The number of aryl methyl sites for hydroxylation is 1. The van der Waals surface area contributed by atoms with Crippen LogP contribution >= 0.6 is 0 Å². The Morgan fingerprint density at radius 1 is 1.36 bits per heavy atom. The lowest BCUT2D eigenvalue weighted by Crippen LogP contribution is -2.17. The molecule has 0 saturated carbocycles. The number of hydrogen-bond donors (Lipinski definition) is 2. The van der Waals surface area contributed by atoms with Crippen molar-refractivity contribution in [2.45, 2.75) is 20.0 Å². The minimum absolute atomic E-state index is 1.13. The maximum atomic E-state index is 9.65. The summed E-state index contributed by atoms with van der Waals surface area (Å²) in [5, 5.41) is 15.5. The summed E-state index contributed by atoms with van der Waals surface area (Å²) in [5.74, 6) is -1.18. The SMILES string of the molecule is CC(OO)C(=O)O.Cc1ccccc1. The summed E-state index contributed by atoms with van der Waals surface area (Å²) in [5.41, 5.74) is 1.32. The lowest BCUT2D eigenvalue weighted by molar-refractivity contribution is -0.272. The highest BCUT2D eigenvalue weighted by Crippen LogP contribution is 1.92. The second-order valence-corrected chi connectivity index (χ2v) is 2.74. The van der Waals surface area contributed by atoms with Gasteiger partial charge in [0.15, 0.2) is 6.10 Å². The molecule has 0 spiro atoms. The maximum Gasteiger partial charge on any atom is 0.335 e. The summed E-state index contributed by atoms with van der Waals surface area (Å²) in [7, 11) is 0. The first-order chi connectivity index (χ1) is 6.57. The van der Waals surface area contributed by atoms with Crippen LogP contribution in [0.1, 0.15) is 12.5 Å². The monoisotopic (exact) mass is 198 g/mol. The van der Waals surface area contributed by atoms with Gasteiger partial charge in [-0.1, -0.05) is 35.9 Å². The molecule has 0 aliphatic heterocycles. The molecule has 0 heterocycles. The third kappa shape index (κ3) is 6.16. The number of rotatable bonds is 2. The van der Waals surface area contributed by atoms with E-state index in [4.69, 9.17) is 10.4 Å². The van der Waals surface area contributed by atoms with E-state index in [0.717, 1.165) is 0 Å². The molecule has 1 unspecified atom stereocenters. The Balaban J connectivity index is 0.000000241. The van der Waals surface area contributed by atoms with E-state index in [1.165, 1.54) is 12.5 Å². The Hall–Kier alpha value is -1.39. The van der Waals surface area contributed by atoms with E-state index < -0.39 is 12.1 Å². The Bertz CT molecular complexity index is 258. The normalized spacial score (nSPS) is 11.1. The second kappa shape index (κ2) is 7.06. The number of benzene rings is 1. The third-order valence-corrected chi connectivity index (χ3v) is 1.45. The molecule has 1 aromatic carbocycles. The van der Waals surface area contributed by atoms with Crippen molar-refractivity contribution >= 4 is 5.97 Å². The van der Waals surface area contributed by atoms with Gasteiger partial charge < -0.3 is 5.11 Å². The van der Waals surface area contributed by atoms with Gasteiger partial charge >= 0.3 is 5.97 Å². The Labute approximate surface area is 82.7 Å². The topological polar surface area (TPSA) is 66.8 Å². The number of aliphatic carboxylic acids is 1. The molecule has 0 bridgehead atoms. The summed E-state index contributed by atoms with van der Waals surface area (Å²) in [6, 6.07) is 10.3. The molecule has 0 radical (unpaired) electrons. The molecule has 0 aliphatic rings. The van der Waals surface area contributed by atoms with E-state index in [2.05, 4.69) is 23.9 Å². The number of carboxylic acid groups (broad SMARTS) is 1. The number of carboxylic acids is 1. The minimum Gasteiger partial charge on any atom is -0.479 e. The zero-order valence-corrected chi connectivity index (χ0v) is 8.18. The molecule has 0 amide bonds. The van der Waals surface area contributed by atoms with Gasteiger partial charge in [-0.2, -0.15) is 0 Å². The molecule has 2 N–H and O–H groups in total. The highest BCUT2D eigenvalue weighted by molar-refractivity contribution is 5.71. The van der Waals surface area contributed by atoms with Gasteiger partial charge in [-0.05, 0) is 13.8 Å². The van der Waals surface area contributed by atoms with Crippen molar-refractivity contribution < 1.29 is 20.0 Å².